The molecule has 1 unspecified atom stereocenters. The zero-order chi connectivity index (χ0) is 21.8. The largest absolute Gasteiger partial charge is 0.481 e. The number of aromatic amines is 1. The van der Waals surface area contributed by atoms with E-state index < -0.39 is 9.84 Å². The molecule has 1 atom stereocenters. The van der Waals surface area contributed by atoms with Gasteiger partial charge in [-0.25, -0.2) is 8.42 Å². The Morgan fingerprint density at radius 1 is 1.10 bits per heavy atom. The molecule has 0 saturated heterocycles. The summed E-state index contributed by atoms with van der Waals surface area (Å²) >= 11 is 0. The number of sulfone groups is 1. The fraction of sp³-hybridized carbons (Fsp3) is 0.174. The number of aromatic nitrogens is 2. The van der Waals surface area contributed by atoms with Gasteiger partial charge in [0.25, 0.3) is 5.56 Å². The van der Waals surface area contributed by atoms with Gasteiger partial charge < -0.3 is 19.6 Å². The summed E-state index contributed by atoms with van der Waals surface area (Å²) in [6.07, 6.45) is 4.37. The predicted molar refractivity (Wildman–Crippen MR) is 120 cm³/mol. The third kappa shape index (κ3) is 3.29. The number of H-pyrrole nitrogens is 1. The zero-order valence-electron chi connectivity index (χ0n) is 17.0. The standard InChI is InChI=1S/C23H21N3O4S/c1-26-13-18(16-8-9-24-21(16)23(26)27)17-10-15(31(2,28)29)11-19-22(17)30-20(12-25-19)14-6-4-3-5-7-14/h3-11,13,20,24-25H,12H2,1-2H3. The van der Waals surface area contributed by atoms with Crippen LogP contribution in [0.5, 0.6) is 5.75 Å². The number of nitrogens with zero attached hydrogens (tertiary/aromatic N) is 1. The van der Waals surface area contributed by atoms with Crippen LogP contribution in [0.4, 0.5) is 5.69 Å². The Kier molecular flexibility index (Phi) is 4.40. The highest BCUT2D eigenvalue weighted by molar-refractivity contribution is 7.90. The lowest BCUT2D eigenvalue weighted by Gasteiger charge is -2.30. The van der Waals surface area contributed by atoms with Gasteiger partial charge in [0.1, 0.15) is 11.6 Å². The minimum absolute atomic E-state index is 0.155. The molecule has 0 spiro atoms. The summed E-state index contributed by atoms with van der Waals surface area (Å²) in [7, 11) is -1.79. The molecule has 4 aromatic rings. The van der Waals surface area contributed by atoms with Crippen molar-refractivity contribution in [2.45, 2.75) is 11.0 Å². The topological polar surface area (TPSA) is 93.2 Å². The van der Waals surface area contributed by atoms with Crippen LogP contribution in [0.25, 0.3) is 22.0 Å². The Morgan fingerprint density at radius 2 is 1.87 bits per heavy atom. The Morgan fingerprint density at radius 3 is 2.61 bits per heavy atom. The van der Waals surface area contributed by atoms with Crippen LogP contribution in [0.2, 0.25) is 0 Å². The average Bonchev–Trinajstić information content (AvgIpc) is 3.25. The van der Waals surface area contributed by atoms with Crippen LogP contribution in [-0.2, 0) is 16.9 Å². The van der Waals surface area contributed by atoms with Gasteiger partial charge in [0.15, 0.2) is 15.6 Å². The molecule has 0 fully saturated rings. The SMILES string of the molecule is Cn1cc(-c2cc(S(C)(=O)=O)cc3c2OC(c2ccccc2)CN3)c2cc[nH]c2c1=O. The maximum absolute atomic E-state index is 12.5. The molecule has 2 aromatic carbocycles. The second kappa shape index (κ2) is 7.02. The van der Waals surface area contributed by atoms with Gasteiger partial charge in [-0.15, -0.1) is 0 Å². The Labute approximate surface area is 179 Å². The van der Waals surface area contributed by atoms with E-state index in [1.54, 1.807) is 31.6 Å². The van der Waals surface area contributed by atoms with E-state index in [0.717, 1.165) is 11.1 Å². The van der Waals surface area contributed by atoms with E-state index >= 15 is 0 Å². The fourth-order valence-corrected chi connectivity index (χ4v) is 4.66. The highest BCUT2D eigenvalue weighted by Gasteiger charge is 2.27. The van der Waals surface area contributed by atoms with E-state index in [9.17, 15) is 13.2 Å². The molecular formula is C23H21N3O4S. The number of aryl methyl sites for hydroxylation is 1. The van der Waals surface area contributed by atoms with Crippen LogP contribution in [0, 0.1) is 0 Å². The van der Waals surface area contributed by atoms with Crippen LogP contribution in [0.15, 0.2) is 70.6 Å². The molecular weight excluding hydrogens is 414 g/mol. The lowest BCUT2D eigenvalue weighted by molar-refractivity contribution is 0.211. The minimum atomic E-state index is -3.46. The third-order valence-electron chi connectivity index (χ3n) is 5.58. The van der Waals surface area contributed by atoms with E-state index in [2.05, 4.69) is 10.3 Å². The van der Waals surface area contributed by atoms with Crippen molar-refractivity contribution in [3.63, 3.8) is 0 Å². The Balaban J connectivity index is 1.77. The number of nitrogens with one attached hydrogen (secondary N) is 2. The monoisotopic (exact) mass is 435 g/mol. The van der Waals surface area contributed by atoms with E-state index in [1.165, 1.54) is 10.8 Å². The van der Waals surface area contributed by atoms with E-state index in [4.69, 9.17) is 4.74 Å². The first kappa shape index (κ1) is 19.4. The van der Waals surface area contributed by atoms with Crippen LogP contribution < -0.4 is 15.6 Å². The van der Waals surface area contributed by atoms with Gasteiger partial charge in [0.05, 0.1) is 17.1 Å². The molecule has 0 radical (unpaired) electrons. The molecule has 2 N–H and O–H groups in total. The second-order valence-corrected chi connectivity index (χ2v) is 9.76. The number of ether oxygens (including phenoxy) is 1. The Hall–Kier alpha value is -3.52. The lowest BCUT2D eigenvalue weighted by Crippen LogP contribution is -2.24. The molecule has 8 heteroatoms. The summed E-state index contributed by atoms with van der Waals surface area (Å²) in [5.41, 5.74) is 3.27. The smallest absolute Gasteiger partial charge is 0.274 e. The van der Waals surface area contributed by atoms with Crippen LogP contribution in [-0.4, -0.2) is 30.8 Å². The minimum Gasteiger partial charge on any atom is -0.481 e. The van der Waals surface area contributed by atoms with Crippen LogP contribution >= 0.6 is 0 Å². The first-order valence-electron chi connectivity index (χ1n) is 9.83. The Bertz CT molecular complexity index is 1470. The van der Waals surface area contributed by atoms with Crippen molar-refractivity contribution in [3.8, 4) is 16.9 Å². The number of hydrogen-bond donors (Lipinski definition) is 2. The fourth-order valence-electron chi connectivity index (χ4n) is 4.00. The number of anilines is 1. The molecule has 0 aliphatic carbocycles. The summed E-state index contributed by atoms with van der Waals surface area (Å²) in [6.45, 7) is 0.510. The molecule has 2 aromatic heterocycles. The molecule has 3 heterocycles. The van der Waals surface area contributed by atoms with Gasteiger partial charge in [0.2, 0.25) is 0 Å². The van der Waals surface area contributed by atoms with Crippen LogP contribution in [0.3, 0.4) is 0 Å². The van der Waals surface area contributed by atoms with Gasteiger partial charge in [-0.1, -0.05) is 30.3 Å². The molecule has 158 valence electrons. The predicted octanol–water partition coefficient (Wildman–Crippen LogP) is 3.48. The average molecular weight is 436 g/mol. The highest BCUT2D eigenvalue weighted by atomic mass is 32.2. The molecule has 0 saturated carbocycles. The first-order chi connectivity index (χ1) is 14.8. The molecule has 1 aliphatic rings. The van der Waals surface area contributed by atoms with Crippen molar-refractivity contribution in [2.75, 3.05) is 18.1 Å². The van der Waals surface area contributed by atoms with Crippen molar-refractivity contribution < 1.29 is 13.2 Å². The second-order valence-electron chi connectivity index (χ2n) is 7.74. The normalized spacial score (nSPS) is 15.9. The zero-order valence-corrected chi connectivity index (χ0v) is 17.9. The number of hydrogen-bond acceptors (Lipinski definition) is 5. The van der Waals surface area contributed by atoms with E-state index in [1.807, 2.05) is 36.4 Å². The highest BCUT2D eigenvalue weighted by Crippen LogP contribution is 2.45. The number of fused-ring (bicyclic) bond motifs is 2. The van der Waals surface area contributed by atoms with E-state index in [-0.39, 0.29) is 16.6 Å². The summed E-state index contributed by atoms with van der Waals surface area (Å²) < 4.78 is 32.7. The third-order valence-corrected chi connectivity index (χ3v) is 6.68. The summed E-state index contributed by atoms with van der Waals surface area (Å²) in [6, 6.07) is 14.9. The van der Waals surface area contributed by atoms with Gasteiger partial charge >= 0.3 is 0 Å². The first-order valence-corrected chi connectivity index (χ1v) is 11.7. The summed E-state index contributed by atoms with van der Waals surface area (Å²) in [5, 5.41) is 4.05. The van der Waals surface area contributed by atoms with Crippen molar-refractivity contribution in [1.29, 1.82) is 0 Å². The van der Waals surface area contributed by atoms with Crippen molar-refractivity contribution in [2.24, 2.45) is 7.05 Å². The quantitative estimate of drug-likeness (QED) is 0.514. The molecule has 5 rings (SSSR count). The van der Waals surface area contributed by atoms with Crippen molar-refractivity contribution in [3.05, 3.63) is 76.8 Å². The molecule has 0 bridgehead atoms. The molecule has 0 amide bonds. The molecule has 1 aliphatic heterocycles. The number of pyridine rings is 1. The van der Waals surface area contributed by atoms with Gasteiger partial charge in [-0.05, 0) is 23.8 Å². The van der Waals surface area contributed by atoms with Gasteiger partial charge in [-0.3, -0.25) is 4.79 Å². The molecule has 31 heavy (non-hydrogen) atoms. The number of rotatable bonds is 3. The van der Waals surface area contributed by atoms with Crippen molar-refractivity contribution >= 4 is 26.4 Å². The van der Waals surface area contributed by atoms with Gasteiger partial charge in [0, 0.05) is 42.2 Å². The van der Waals surface area contributed by atoms with Crippen LogP contribution in [0.1, 0.15) is 11.7 Å². The van der Waals surface area contributed by atoms with Gasteiger partial charge in [-0.2, -0.15) is 0 Å². The number of benzene rings is 2. The summed E-state index contributed by atoms with van der Waals surface area (Å²) in [4.78, 5) is 15.7. The summed E-state index contributed by atoms with van der Waals surface area (Å²) in [5.74, 6) is 0.564. The lowest BCUT2D eigenvalue weighted by atomic mass is 10.00. The maximum Gasteiger partial charge on any atom is 0.274 e. The maximum atomic E-state index is 12.5. The van der Waals surface area contributed by atoms with E-state index in [0.29, 0.717) is 34.4 Å². The molecule has 7 nitrogen and oxygen atoms in total. The van der Waals surface area contributed by atoms with Crippen molar-refractivity contribution in [1.82, 2.24) is 9.55 Å².